The molecule has 1 saturated carbocycles. The van der Waals surface area contributed by atoms with E-state index in [-0.39, 0.29) is 23.8 Å². The van der Waals surface area contributed by atoms with Crippen molar-refractivity contribution in [3.8, 4) is 5.75 Å². The fourth-order valence-electron chi connectivity index (χ4n) is 6.40. The molecule has 5 rings (SSSR count). The third-order valence-corrected chi connectivity index (χ3v) is 9.65. The van der Waals surface area contributed by atoms with Crippen molar-refractivity contribution in [3.63, 3.8) is 0 Å². The zero-order valence-electron chi connectivity index (χ0n) is 28.0. The van der Waals surface area contributed by atoms with Crippen molar-refractivity contribution >= 4 is 39.5 Å². The van der Waals surface area contributed by atoms with Gasteiger partial charge in [0.05, 0.1) is 5.92 Å². The maximum Gasteiger partial charge on any atom is 0.410 e. The molecule has 0 unspecified atom stereocenters. The Labute approximate surface area is 282 Å². The van der Waals surface area contributed by atoms with Crippen molar-refractivity contribution in [2.45, 2.75) is 90.5 Å². The van der Waals surface area contributed by atoms with Gasteiger partial charge in [0.2, 0.25) is 5.91 Å². The predicted molar refractivity (Wildman–Crippen MR) is 183 cm³/mol. The predicted octanol–water partition coefficient (Wildman–Crippen LogP) is 6.48. The maximum absolute atomic E-state index is 14.0. The van der Waals surface area contributed by atoms with E-state index in [2.05, 4.69) is 43.9 Å². The Morgan fingerprint density at radius 2 is 1.54 bits per heavy atom. The second-order valence-electron chi connectivity index (χ2n) is 14.3. The van der Waals surface area contributed by atoms with E-state index in [0.717, 1.165) is 48.0 Å². The molecule has 0 aromatic heterocycles. The van der Waals surface area contributed by atoms with Gasteiger partial charge in [0.25, 0.3) is 5.91 Å². The van der Waals surface area contributed by atoms with Crippen LogP contribution in [-0.4, -0.2) is 89.1 Å². The molecule has 0 spiro atoms. The monoisotopic (exact) mass is 696 g/mol. The SMILES string of the molecule is CC(C)(C)OC(=O)N1CCN(C(=O)C(C)(C)Oc2cccc(N3CCC[C@@H](C(=O)N(Cc4ccc(Br)cc4)C4CCC4)C3)c2)CC1. The first-order chi connectivity index (χ1) is 21.8. The number of halogens is 1. The molecule has 250 valence electrons. The van der Waals surface area contributed by atoms with Crippen molar-refractivity contribution in [3.05, 3.63) is 58.6 Å². The topological polar surface area (TPSA) is 82.6 Å². The molecule has 2 heterocycles. The smallest absolute Gasteiger partial charge is 0.410 e. The molecule has 2 aromatic rings. The molecule has 10 heteroatoms. The summed E-state index contributed by atoms with van der Waals surface area (Å²) in [5.41, 5.74) is 0.495. The number of piperidine rings is 1. The van der Waals surface area contributed by atoms with Gasteiger partial charge in [-0.3, -0.25) is 9.59 Å². The van der Waals surface area contributed by atoms with E-state index in [1.165, 1.54) is 6.42 Å². The van der Waals surface area contributed by atoms with Crippen LogP contribution in [0.1, 0.15) is 72.3 Å². The summed E-state index contributed by atoms with van der Waals surface area (Å²) in [6, 6.07) is 16.4. The lowest BCUT2D eigenvalue weighted by Crippen LogP contribution is -2.57. The minimum Gasteiger partial charge on any atom is -0.478 e. The summed E-state index contributed by atoms with van der Waals surface area (Å²) < 4.78 is 12.9. The van der Waals surface area contributed by atoms with Crippen molar-refractivity contribution in [1.29, 1.82) is 0 Å². The number of carbonyl (C=O) groups is 3. The molecule has 0 N–H and O–H groups in total. The first-order valence-corrected chi connectivity index (χ1v) is 17.4. The van der Waals surface area contributed by atoms with Gasteiger partial charge in [-0.15, -0.1) is 0 Å². The van der Waals surface area contributed by atoms with Gasteiger partial charge in [-0.25, -0.2) is 4.79 Å². The lowest BCUT2D eigenvalue weighted by Gasteiger charge is -2.42. The van der Waals surface area contributed by atoms with Gasteiger partial charge >= 0.3 is 6.09 Å². The minimum absolute atomic E-state index is 0.0632. The third-order valence-electron chi connectivity index (χ3n) is 9.12. The third kappa shape index (κ3) is 8.55. The van der Waals surface area contributed by atoms with Crippen LogP contribution in [0, 0.1) is 5.92 Å². The van der Waals surface area contributed by atoms with E-state index in [1.807, 2.05) is 51.1 Å². The summed E-state index contributed by atoms with van der Waals surface area (Å²) in [7, 11) is 0. The lowest BCUT2D eigenvalue weighted by molar-refractivity contribution is -0.147. The number of hydrogen-bond donors (Lipinski definition) is 0. The molecule has 9 nitrogen and oxygen atoms in total. The minimum atomic E-state index is -1.09. The van der Waals surface area contributed by atoms with E-state index in [9.17, 15) is 14.4 Å². The highest BCUT2D eigenvalue weighted by Gasteiger charge is 2.38. The molecule has 1 atom stereocenters. The second kappa shape index (κ2) is 14.2. The standard InChI is InChI=1S/C36H49BrN4O5/c1-35(2,3)46-34(44)39-21-19-38(20-22-39)33(43)36(4,5)45-31-13-7-12-30(23-31)40-18-8-9-27(25-40)32(42)41(29-10-6-11-29)24-26-14-16-28(37)17-15-26/h7,12-17,23,27,29H,6,8-11,18-22,24-25H2,1-5H3/t27-/m1/s1. The van der Waals surface area contributed by atoms with Crippen molar-refractivity contribution in [1.82, 2.24) is 14.7 Å². The average Bonchev–Trinajstić information content (AvgIpc) is 2.99. The van der Waals surface area contributed by atoms with Gasteiger partial charge in [0, 0.05) is 68.1 Å². The van der Waals surface area contributed by atoms with Crippen LogP contribution in [0.25, 0.3) is 0 Å². The fraction of sp³-hybridized carbons (Fsp3) is 0.583. The summed E-state index contributed by atoms with van der Waals surface area (Å²) in [5, 5.41) is 0. The van der Waals surface area contributed by atoms with Crippen LogP contribution in [0.4, 0.5) is 10.5 Å². The van der Waals surface area contributed by atoms with E-state index in [1.54, 1.807) is 23.6 Å². The van der Waals surface area contributed by atoms with Crippen LogP contribution in [0.2, 0.25) is 0 Å². The quantitative estimate of drug-likeness (QED) is 0.314. The van der Waals surface area contributed by atoms with Crippen LogP contribution in [0.3, 0.4) is 0 Å². The first-order valence-electron chi connectivity index (χ1n) is 16.7. The summed E-state index contributed by atoms with van der Waals surface area (Å²) >= 11 is 3.52. The highest BCUT2D eigenvalue weighted by atomic mass is 79.9. The molecule has 0 radical (unpaired) electrons. The second-order valence-corrected chi connectivity index (χ2v) is 15.2. The Bertz CT molecular complexity index is 1380. The van der Waals surface area contributed by atoms with Gasteiger partial charge in [0.1, 0.15) is 11.4 Å². The Morgan fingerprint density at radius 3 is 2.17 bits per heavy atom. The number of piperazine rings is 1. The molecule has 46 heavy (non-hydrogen) atoms. The maximum atomic E-state index is 14.0. The van der Waals surface area contributed by atoms with Crippen molar-refractivity contribution in [2.75, 3.05) is 44.2 Å². The summed E-state index contributed by atoms with van der Waals surface area (Å²) in [4.78, 5) is 47.8. The number of anilines is 1. The largest absolute Gasteiger partial charge is 0.478 e. The van der Waals surface area contributed by atoms with Gasteiger partial charge in [0.15, 0.2) is 5.60 Å². The Hall–Kier alpha value is -3.27. The highest BCUT2D eigenvalue weighted by Crippen LogP contribution is 2.33. The number of benzene rings is 2. The number of hydrogen-bond acceptors (Lipinski definition) is 6. The Morgan fingerprint density at radius 1 is 0.870 bits per heavy atom. The molecule has 2 aliphatic heterocycles. The molecule has 3 aliphatic rings. The molecule has 1 aliphatic carbocycles. The van der Waals surface area contributed by atoms with E-state index in [4.69, 9.17) is 9.47 Å². The number of ether oxygens (including phenoxy) is 2. The molecule has 3 fully saturated rings. The van der Waals surface area contributed by atoms with Gasteiger partial charge in [-0.1, -0.05) is 34.1 Å². The molecular weight excluding hydrogens is 648 g/mol. The zero-order chi connectivity index (χ0) is 33.1. The number of nitrogens with zero attached hydrogens (tertiary/aromatic N) is 4. The van der Waals surface area contributed by atoms with Gasteiger partial charge in [-0.2, -0.15) is 0 Å². The van der Waals surface area contributed by atoms with Crippen molar-refractivity contribution < 1.29 is 23.9 Å². The first kappa shape index (κ1) is 34.1. The summed E-state index contributed by atoms with van der Waals surface area (Å²) in [6.07, 6.45) is 4.81. The van der Waals surface area contributed by atoms with E-state index in [0.29, 0.717) is 51.1 Å². The van der Waals surface area contributed by atoms with Gasteiger partial charge < -0.3 is 29.1 Å². The molecule has 2 aromatic carbocycles. The zero-order valence-corrected chi connectivity index (χ0v) is 29.6. The number of carbonyl (C=O) groups excluding carboxylic acids is 3. The van der Waals surface area contributed by atoms with Crippen LogP contribution >= 0.6 is 15.9 Å². The van der Waals surface area contributed by atoms with E-state index >= 15 is 0 Å². The Balaban J connectivity index is 1.19. The fourth-order valence-corrected chi connectivity index (χ4v) is 6.67. The van der Waals surface area contributed by atoms with Crippen LogP contribution in [0.5, 0.6) is 5.75 Å². The van der Waals surface area contributed by atoms with Gasteiger partial charge in [-0.05, 0) is 96.6 Å². The molecular formula is C36H49BrN4O5. The molecule has 2 saturated heterocycles. The normalized spacial score (nSPS) is 19.3. The lowest BCUT2D eigenvalue weighted by atomic mass is 9.88. The van der Waals surface area contributed by atoms with Crippen LogP contribution in [-0.2, 0) is 20.9 Å². The number of rotatable bonds is 8. The van der Waals surface area contributed by atoms with Crippen LogP contribution in [0.15, 0.2) is 53.0 Å². The van der Waals surface area contributed by atoms with E-state index < -0.39 is 11.2 Å². The average molecular weight is 698 g/mol. The van der Waals surface area contributed by atoms with Crippen LogP contribution < -0.4 is 9.64 Å². The number of amides is 3. The summed E-state index contributed by atoms with van der Waals surface area (Å²) in [6.45, 7) is 13.0. The summed E-state index contributed by atoms with van der Waals surface area (Å²) in [5.74, 6) is 0.685. The molecule has 0 bridgehead atoms. The molecule has 3 amide bonds. The Kier molecular flexibility index (Phi) is 10.5. The highest BCUT2D eigenvalue weighted by molar-refractivity contribution is 9.10. The van der Waals surface area contributed by atoms with Crippen molar-refractivity contribution in [2.24, 2.45) is 5.92 Å².